The van der Waals surface area contributed by atoms with Gasteiger partial charge in [-0.1, -0.05) is 6.07 Å². The lowest BCUT2D eigenvalue weighted by Gasteiger charge is -2.31. The van der Waals surface area contributed by atoms with Gasteiger partial charge in [0.1, 0.15) is 0 Å². The first-order valence-corrected chi connectivity index (χ1v) is 7.59. The van der Waals surface area contributed by atoms with Gasteiger partial charge in [0.25, 0.3) is 5.91 Å². The molecule has 1 atom stereocenters. The summed E-state index contributed by atoms with van der Waals surface area (Å²) in [7, 11) is 0. The predicted octanol–water partition coefficient (Wildman–Crippen LogP) is 0.961. The number of nitrogens with one attached hydrogen (secondary N) is 1. The summed E-state index contributed by atoms with van der Waals surface area (Å²) in [5.41, 5.74) is 1.00. The SMILES string of the molecule is O=C(Nc1cccc(C(=O)N2CCOC(C(=O)O)C2)c1)C1CC1. The van der Waals surface area contributed by atoms with E-state index in [1.165, 1.54) is 4.90 Å². The maximum atomic E-state index is 12.5. The van der Waals surface area contributed by atoms with E-state index < -0.39 is 12.1 Å². The van der Waals surface area contributed by atoms with Crippen LogP contribution in [0.2, 0.25) is 0 Å². The summed E-state index contributed by atoms with van der Waals surface area (Å²) in [6.45, 7) is 0.564. The van der Waals surface area contributed by atoms with Crippen molar-refractivity contribution in [3.63, 3.8) is 0 Å². The minimum atomic E-state index is -1.08. The van der Waals surface area contributed by atoms with Gasteiger partial charge < -0.3 is 20.1 Å². The van der Waals surface area contributed by atoms with Crippen LogP contribution < -0.4 is 5.32 Å². The second-order valence-corrected chi connectivity index (χ2v) is 5.79. The number of benzene rings is 1. The summed E-state index contributed by atoms with van der Waals surface area (Å²) in [6.07, 6.45) is 0.828. The number of rotatable bonds is 4. The van der Waals surface area contributed by atoms with Crippen LogP contribution in [-0.4, -0.2) is 53.6 Å². The Morgan fingerprint density at radius 3 is 2.74 bits per heavy atom. The van der Waals surface area contributed by atoms with E-state index in [2.05, 4.69) is 5.32 Å². The number of morpholine rings is 1. The first-order valence-electron chi connectivity index (χ1n) is 7.59. The molecule has 7 heteroatoms. The summed E-state index contributed by atoms with van der Waals surface area (Å²) in [5, 5.41) is 11.8. The Balaban J connectivity index is 1.69. The predicted molar refractivity (Wildman–Crippen MR) is 81.1 cm³/mol. The van der Waals surface area contributed by atoms with E-state index in [1.54, 1.807) is 24.3 Å². The molecule has 1 unspecified atom stereocenters. The van der Waals surface area contributed by atoms with Crippen molar-refractivity contribution in [2.24, 2.45) is 5.92 Å². The van der Waals surface area contributed by atoms with Crippen molar-refractivity contribution in [1.29, 1.82) is 0 Å². The summed E-state index contributed by atoms with van der Waals surface area (Å²) in [5.74, 6) is -1.27. The van der Waals surface area contributed by atoms with E-state index in [0.29, 0.717) is 17.8 Å². The van der Waals surface area contributed by atoms with Crippen molar-refractivity contribution in [3.8, 4) is 0 Å². The van der Waals surface area contributed by atoms with Gasteiger partial charge in [-0.3, -0.25) is 9.59 Å². The lowest BCUT2D eigenvalue weighted by molar-refractivity contribution is -0.154. The smallest absolute Gasteiger partial charge is 0.334 e. The number of carbonyl (C=O) groups excluding carboxylic acids is 2. The molecule has 2 N–H and O–H groups in total. The van der Waals surface area contributed by atoms with E-state index in [0.717, 1.165) is 12.8 Å². The molecule has 0 radical (unpaired) electrons. The Hall–Kier alpha value is -2.41. The zero-order valence-electron chi connectivity index (χ0n) is 12.5. The number of carbonyl (C=O) groups is 3. The molecule has 0 aromatic heterocycles. The molecule has 23 heavy (non-hydrogen) atoms. The molecule has 3 rings (SSSR count). The van der Waals surface area contributed by atoms with Crippen molar-refractivity contribution in [3.05, 3.63) is 29.8 Å². The maximum Gasteiger partial charge on any atom is 0.334 e. The second kappa shape index (κ2) is 6.37. The average molecular weight is 318 g/mol. The number of carboxylic acids is 1. The molecule has 2 amide bonds. The number of hydrogen-bond acceptors (Lipinski definition) is 4. The molecule has 2 aliphatic rings. The Morgan fingerprint density at radius 1 is 1.26 bits per heavy atom. The van der Waals surface area contributed by atoms with Crippen molar-refractivity contribution in [2.45, 2.75) is 18.9 Å². The van der Waals surface area contributed by atoms with E-state index in [9.17, 15) is 14.4 Å². The summed E-state index contributed by atoms with van der Waals surface area (Å²) in [4.78, 5) is 36.8. The first-order chi connectivity index (χ1) is 11.0. The lowest BCUT2D eigenvalue weighted by atomic mass is 10.1. The molecule has 0 bridgehead atoms. The lowest BCUT2D eigenvalue weighted by Crippen LogP contribution is -2.48. The number of aliphatic carboxylic acids is 1. The third-order valence-corrected chi connectivity index (χ3v) is 3.95. The molecular formula is C16H18N2O5. The quantitative estimate of drug-likeness (QED) is 0.862. The molecule has 7 nitrogen and oxygen atoms in total. The third kappa shape index (κ3) is 3.68. The molecule has 0 spiro atoms. The molecule has 1 aromatic rings. The molecule has 1 aliphatic heterocycles. The first kappa shape index (κ1) is 15.5. The molecule has 122 valence electrons. The van der Waals surface area contributed by atoms with Crippen LogP contribution in [0.3, 0.4) is 0 Å². The van der Waals surface area contributed by atoms with Crippen molar-refractivity contribution in [2.75, 3.05) is 25.0 Å². The van der Waals surface area contributed by atoms with Crippen LogP contribution in [0.25, 0.3) is 0 Å². The molecule has 2 fully saturated rings. The standard InChI is InChI=1S/C16H18N2O5/c19-14(10-4-5-10)17-12-3-1-2-11(8-12)15(20)18-6-7-23-13(9-18)16(21)22/h1-3,8,10,13H,4-7,9H2,(H,17,19)(H,21,22). The van der Waals surface area contributed by atoms with E-state index in [-0.39, 0.29) is 30.9 Å². The Kier molecular flexibility index (Phi) is 4.29. The van der Waals surface area contributed by atoms with Crippen LogP contribution in [0.15, 0.2) is 24.3 Å². The zero-order valence-corrected chi connectivity index (χ0v) is 12.5. The molecule has 1 saturated carbocycles. The van der Waals surface area contributed by atoms with Gasteiger partial charge >= 0.3 is 5.97 Å². The second-order valence-electron chi connectivity index (χ2n) is 5.79. The summed E-state index contributed by atoms with van der Waals surface area (Å²) < 4.78 is 5.11. The van der Waals surface area contributed by atoms with Gasteiger partial charge in [-0.2, -0.15) is 0 Å². The zero-order chi connectivity index (χ0) is 16.4. The number of ether oxygens (including phenoxy) is 1. The van der Waals surface area contributed by atoms with Gasteiger partial charge in [0.15, 0.2) is 6.10 Å². The Morgan fingerprint density at radius 2 is 2.04 bits per heavy atom. The summed E-state index contributed by atoms with van der Waals surface area (Å²) in [6, 6.07) is 6.70. The molecule has 1 heterocycles. The van der Waals surface area contributed by atoms with Gasteiger partial charge in [0.05, 0.1) is 13.2 Å². The number of anilines is 1. The van der Waals surface area contributed by atoms with Gasteiger partial charge in [0, 0.05) is 23.7 Å². The highest BCUT2D eigenvalue weighted by Crippen LogP contribution is 2.30. The fraction of sp³-hybridized carbons (Fsp3) is 0.438. The van der Waals surface area contributed by atoms with Crippen molar-refractivity contribution in [1.82, 2.24) is 4.90 Å². The monoisotopic (exact) mass is 318 g/mol. The minimum absolute atomic E-state index is 0.0207. The molecule has 1 aromatic carbocycles. The van der Waals surface area contributed by atoms with Crippen LogP contribution in [0.5, 0.6) is 0 Å². The number of amides is 2. The highest BCUT2D eigenvalue weighted by Gasteiger charge is 2.31. The highest BCUT2D eigenvalue weighted by molar-refractivity contribution is 5.98. The van der Waals surface area contributed by atoms with Crippen molar-refractivity contribution >= 4 is 23.5 Å². The maximum absolute atomic E-state index is 12.5. The van der Waals surface area contributed by atoms with Crippen LogP contribution >= 0.6 is 0 Å². The van der Waals surface area contributed by atoms with Crippen LogP contribution in [0.4, 0.5) is 5.69 Å². The van der Waals surface area contributed by atoms with Gasteiger partial charge in [0.2, 0.25) is 5.91 Å². The minimum Gasteiger partial charge on any atom is -0.479 e. The largest absolute Gasteiger partial charge is 0.479 e. The van der Waals surface area contributed by atoms with E-state index in [4.69, 9.17) is 9.84 Å². The fourth-order valence-corrected chi connectivity index (χ4v) is 2.49. The van der Waals surface area contributed by atoms with Gasteiger partial charge in [-0.15, -0.1) is 0 Å². The molecule has 1 saturated heterocycles. The normalized spacial score (nSPS) is 20.9. The number of carboxylic acid groups (broad SMARTS) is 1. The van der Waals surface area contributed by atoms with Gasteiger partial charge in [-0.05, 0) is 31.0 Å². The molecular weight excluding hydrogens is 300 g/mol. The Labute approximate surface area is 133 Å². The van der Waals surface area contributed by atoms with Crippen LogP contribution in [0.1, 0.15) is 23.2 Å². The van der Waals surface area contributed by atoms with E-state index in [1.807, 2.05) is 0 Å². The third-order valence-electron chi connectivity index (χ3n) is 3.95. The Bertz CT molecular complexity index is 641. The number of hydrogen-bond donors (Lipinski definition) is 2. The number of nitrogens with zero attached hydrogens (tertiary/aromatic N) is 1. The molecule has 1 aliphatic carbocycles. The average Bonchev–Trinajstić information content (AvgIpc) is 3.39. The van der Waals surface area contributed by atoms with Crippen LogP contribution in [-0.2, 0) is 14.3 Å². The topological polar surface area (TPSA) is 95.9 Å². The van der Waals surface area contributed by atoms with Crippen molar-refractivity contribution < 1.29 is 24.2 Å². The highest BCUT2D eigenvalue weighted by atomic mass is 16.5. The van der Waals surface area contributed by atoms with Gasteiger partial charge in [-0.25, -0.2) is 4.79 Å². The summed E-state index contributed by atoms with van der Waals surface area (Å²) >= 11 is 0. The van der Waals surface area contributed by atoms with E-state index >= 15 is 0 Å². The van der Waals surface area contributed by atoms with Crippen LogP contribution in [0, 0.1) is 5.92 Å². The fourth-order valence-electron chi connectivity index (χ4n) is 2.49.